The van der Waals surface area contributed by atoms with Gasteiger partial charge in [0.15, 0.2) is 0 Å². The number of nitriles is 1. The van der Waals surface area contributed by atoms with Crippen molar-refractivity contribution in [1.29, 1.82) is 5.26 Å². The van der Waals surface area contributed by atoms with Crippen molar-refractivity contribution in [3.63, 3.8) is 0 Å². The van der Waals surface area contributed by atoms with Crippen LogP contribution >= 0.6 is 8.58 Å². The van der Waals surface area contributed by atoms with Crippen LogP contribution in [0.3, 0.4) is 0 Å². The summed E-state index contributed by atoms with van der Waals surface area (Å²) in [6, 6.07) is 4.13. The van der Waals surface area contributed by atoms with E-state index in [0.29, 0.717) is 12.5 Å². The van der Waals surface area contributed by atoms with Gasteiger partial charge in [-0.15, -0.1) is 0 Å². The molecule has 0 radical (unpaired) electrons. The largest absolute Gasteiger partial charge is 0.416 e. The lowest BCUT2D eigenvalue weighted by Gasteiger charge is -2.21. The summed E-state index contributed by atoms with van der Waals surface area (Å²) >= 11 is 0. The molecule has 1 aromatic rings. The van der Waals surface area contributed by atoms with Gasteiger partial charge in [-0.25, -0.2) is 8.51 Å². The molecule has 5 nitrogen and oxygen atoms in total. The lowest BCUT2D eigenvalue weighted by Crippen LogP contribution is -2.28. The van der Waals surface area contributed by atoms with Crippen LogP contribution in [0.1, 0.15) is 17.5 Å². The van der Waals surface area contributed by atoms with Crippen LogP contribution in [-0.4, -0.2) is 44.5 Å². The number of hydrogen-bond donors (Lipinski definition) is 2. The van der Waals surface area contributed by atoms with Crippen molar-refractivity contribution in [3.05, 3.63) is 29.3 Å². The summed E-state index contributed by atoms with van der Waals surface area (Å²) in [5.41, 5.74) is -1.28. The summed E-state index contributed by atoms with van der Waals surface area (Å²) in [4.78, 5) is -0.0128. The summed E-state index contributed by atoms with van der Waals surface area (Å²) in [5, 5.41) is 26.8. The summed E-state index contributed by atoms with van der Waals surface area (Å²) in [5.74, 6) is 0. The van der Waals surface area contributed by atoms with Crippen LogP contribution in [0, 0.1) is 11.3 Å². The molecular weight excluding hydrogens is 352 g/mol. The van der Waals surface area contributed by atoms with Crippen LogP contribution in [-0.2, 0) is 17.2 Å². The van der Waals surface area contributed by atoms with Gasteiger partial charge in [-0.3, -0.25) is 0 Å². The Balaban J connectivity index is 3.11. The second-order valence-corrected chi connectivity index (χ2v) is 7.01. The fourth-order valence-corrected chi connectivity index (χ4v) is 4.03. The normalized spacial score (nSPS) is 13.6. The highest BCUT2D eigenvalue weighted by atomic mass is 32.2. The maximum Gasteiger partial charge on any atom is 0.416 e. The van der Waals surface area contributed by atoms with E-state index in [-0.39, 0.29) is 44.8 Å². The molecule has 0 aliphatic heterocycles. The van der Waals surface area contributed by atoms with Crippen molar-refractivity contribution in [2.45, 2.75) is 17.5 Å². The highest BCUT2D eigenvalue weighted by molar-refractivity contribution is 7.83. The molecule has 1 rings (SSSR count). The summed E-state index contributed by atoms with van der Waals surface area (Å²) in [6.45, 7) is 0.107. The second kappa shape index (κ2) is 9.30. The van der Waals surface area contributed by atoms with E-state index in [1.165, 1.54) is 4.31 Å². The molecule has 1 aromatic carbocycles. The number of rotatable bonds is 8. The van der Waals surface area contributed by atoms with E-state index in [9.17, 15) is 17.4 Å². The Morgan fingerprint density at radius 1 is 1.35 bits per heavy atom. The van der Waals surface area contributed by atoms with Gasteiger partial charge >= 0.3 is 6.18 Å². The lowest BCUT2D eigenvalue weighted by molar-refractivity contribution is -0.137. The SMILES string of the molecule is N#Cc1cc(C(F)(F)F)ccc1S(=O)N(CCCO)CPCO. The van der Waals surface area contributed by atoms with Crippen molar-refractivity contribution in [1.82, 2.24) is 4.31 Å². The molecule has 0 heterocycles. The monoisotopic (exact) mass is 368 g/mol. The van der Waals surface area contributed by atoms with Crippen molar-refractivity contribution in [3.8, 4) is 6.07 Å². The van der Waals surface area contributed by atoms with Gasteiger partial charge in [-0.1, -0.05) is 8.58 Å². The molecule has 2 N–H and O–H groups in total. The van der Waals surface area contributed by atoms with Crippen LogP contribution in [0.2, 0.25) is 0 Å². The average Bonchev–Trinajstić information content (AvgIpc) is 2.53. The van der Waals surface area contributed by atoms with Crippen LogP contribution in [0.5, 0.6) is 0 Å². The third kappa shape index (κ3) is 5.83. The Bertz CT molecular complexity index is 585. The van der Waals surface area contributed by atoms with E-state index < -0.39 is 22.7 Å². The minimum absolute atomic E-state index is 0.0128. The maximum absolute atomic E-state index is 12.7. The Morgan fingerprint density at radius 2 is 2.04 bits per heavy atom. The number of alkyl halides is 3. The summed E-state index contributed by atoms with van der Waals surface area (Å²) in [6.07, 6.45) is -4.11. The Kier molecular flexibility index (Phi) is 8.09. The molecule has 10 heteroatoms. The first-order valence-electron chi connectivity index (χ1n) is 6.55. The standard InChI is InChI=1S/C13H16F3N2O3PS/c14-13(15,16)11-2-3-12(10(6-11)7-17)23(21)18(4-1-5-19)8-22-9-20/h2-3,6,19-20,22H,1,4-5,8-9H2. The molecule has 0 saturated carbocycles. The third-order valence-corrected chi connectivity index (χ3v) is 5.39. The quantitative estimate of drug-likeness (QED) is 0.686. The Hall–Kier alpha value is -1.04. The predicted molar refractivity (Wildman–Crippen MR) is 81.2 cm³/mol. The lowest BCUT2D eigenvalue weighted by atomic mass is 10.1. The van der Waals surface area contributed by atoms with Crippen molar-refractivity contribution >= 4 is 19.6 Å². The fraction of sp³-hybridized carbons (Fsp3) is 0.462. The Morgan fingerprint density at radius 3 is 2.57 bits per heavy atom. The van der Waals surface area contributed by atoms with Crippen LogP contribution < -0.4 is 0 Å². The molecule has 0 aliphatic carbocycles. The fourth-order valence-electron chi connectivity index (χ4n) is 1.73. The van der Waals surface area contributed by atoms with Crippen LogP contribution in [0.15, 0.2) is 23.1 Å². The first-order chi connectivity index (χ1) is 10.8. The number of aliphatic hydroxyl groups excluding tert-OH is 2. The Labute approximate surface area is 136 Å². The molecule has 0 aromatic heterocycles. The van der Waals surface area contributed by atoms with Crippen molar-refractivity contribution in [2.75, 3.05) is 25.8 Å². The van der Waals surface area contributed by atoms with E-state index in [4.69, 9.17) is 15.5 Å². The van der Waals surface area contributed by atoms with Gasteiger partial charge in [0.05, 0.1) is 22.4 Å². The molecule has 0 aliphatic rings. The summed E-state index contributed by atoms with van der Waals surface area (Å²) in [7, 11) is -1.77. The molecular formula is C13H16F3N2O3PS. The van der Waals surface area contributed by atoms with Crippen molar-refractivity contribution in [2.24, 2.45) is 0 Å². The predicted octanol–water partition coefficient (Wildman–Crippen LogP) is 1.87. The highest BCUT2D eigenvalue weighted by Gasteiger charge is 2.31. The van der Waals surface area contributed by atoms with Gasteiger partial charge < -0.3 is 10.2 Å². The van der Waals surface area contributed by atoms with Gasteiger partial charge in [0, 0.05) is 19.4 Å². The van der Waals surface area contributed by atoms with Gasteiger partial charge in [0.1, 0.15) is 17.1 Å². The number of aliphatic hydroxyl groups is 2. The minimum atomic E-state index is -4.58. The molecule has 0 spiro atoms. The molecule has 0 saturated heterocycles. The van der Waals surface area contributed by atoms with E-state index in [2.05, 4.69) is 0 Å². The van der Waals surface area contributed by atoms with Gasteiger partial charge in [-0.2, -0.15) is 18.4 Å². The molecule has 128 valence electrons. The zero-order chi connectivity index (χ0) is 17.5. The molecule has 0 bridgehead atoms. The molecule has 0 fully saturated rings. The van der Waals surface area contributed by atoms with E-state index in [1.807, 2.05) is 0 Å². The highest BCUT2D eigenvalue weighted by Crippen LogP contribution is 2.31. The van der Waals surface area contributed by atoms with Gasteiger partial charge in [0.25, 0.3) is 0 Å². The number of halogens is 3. The molecule has 23 heavy (non-hydrogen) atoms. The van der Waals surface area contributed by atoms with Crippen LogP contribution in [0.4, 0.5) is 13.2 Å². The zero-order valence-electron chi connectivity index (χ0n) is 12.0. The van der Waals surface area contributed by atoms with E-state index in [1.54, 1.807) is 6.07 Å². The topological polar surface area (TPSA) is 84.6 Å². The zero-order valence-corrected chi connectivity index (χ0v) is 13.8. The van der Waals surface area contributed by atoms with Crippen molar-refractivity contribution < 1.29 is 27.6 Å². The smallest absolute Gasteiger partial charge is 0.396 e. The summed E-state index contributed by atoms with van der Waals surface area (Å²) < 4.78 is 52.0. The van der Waals surface area contributed by atoms with E-state index >= 15 is 0 Å². The molecule has 2 unspecified atom stereocenters. The first-order valence-corrected chi connectivity index (χ1v) is 9.07. The minimum Gasteiger partial charge on any atom is -0.396 e. The van der Waals surface area contributed by atoms with Gasteiger partial charge in [0.2, 0.25) is 0 Å². The number of hydrogen-bond acceptors (Lipinski definition) is 4. The first kappa shape index (κ1) is 20.0. The second-order valence-electron chi connectivity index (χ2n) is 4.42. The molecule has 2 atom stereocenters. The van der Waals surface area contributed by atoms with E-state index in [0.717, 1.165) is 12.1 Å². The number of benzene rings is 1. The van der Waals surface area contributed by atoms with Gasteiger partial charge in [-0.05, 0) is 24.6 Å². The molecule has 0 amide bonds. The maximum atomic E-state index is 12.7. The number of nitrogens with zero attached hydrogens (tertiary/aromatic N) is 2. The average molecular weight is 368 g/mol. The third-order valence-electron chi connectivity index (χ3n) is 2.82. The van der Waals surface area contributed by atoms with Crippen LogP contribution in [0.25, 0.3) is 0 Å².